The number of nitrogens with zero attached hydrogens (tertiary/aromatic N) is 1. The van der Waals surface area contributed by atoms with Crippen LogP contribution in [0, 0.1) is 0 Å². The number of amides is 1. The molecule has 1 aliphatic heterocycles. The van der Waals surface area contributed by atoms with Crippen LogP contribution in [0.15, 0.2) is 114 Å². The Hall–Kier alpha value is -4.31. The van der Waals surface area contributed by atoms with E-state index in [1.807, 2.05) is 84.9 Å². The molecule has 6 rings (SSSR count). The van der Waals surface area contributed by atoms with E-state index < -0.39 is 6.04 Å². The van der Waals surface area contributed by atoms with Crippen LogP contribution in [0.25, 0.3) is 0 Å². The van der Waals surface area contributed by atoms with Crippen molar-refractivity contribution < 1.29 is 9.59 Å². The zero-order valence-corrected chi connectivity index (χ0v) is 19.1. The first-order valence-electron chi connectivity index (χ1n) is 11.9. The SMILES string of the molecule is O=C(Cc1ccccc1)N[C@H]1c2ccccc2[C@H]2N=C(C(=O)c3ccccc3)[C@@H]1c1ccccc12. The van der Waals surface area contributed by atoms with Crippen molar-refractivity contribution in [3.8, 4) is 0 Å². The van der Waals surface area contributed by atoms with Crippen LogP contribution in [0.1, 0.15) is 56.2 Å². The van der Waals surface area contributed by atoms with E-state index in [2.05, 4.69) is 29.6 Å². The summed E-state index contributed by atoms with van der Waals surface area (Å²) in [6, 6.07) is 34.6. The molecule has 0 saturated carbocycles. The van der Waals surface area contributed by atoms with Gasteiger partial charge in [-0.05, 0) is 27.8 Å². The van der Waals surface area contributed by atoms with Crippen LogP contribution >= 0.6 is 0 Å². The van der Waals surface area contributed by atoms with Crippen molar-refractivity contribution in [2.45, 2.75) is 24.4 Å². The van der Waals surface area contributed by atoms with Gasteiger partial charge in [-0.3, -0.25) is 14.6 Å². The van der Waals surface area contributed by atoms with Crippen LogP contribution in [0.5, 0.6) is 0 Å². The van der Waals surface area contributed by atoms with Crippen LogP contribution in [-0.2, 0) is 11.2 Å². The van der Waals surface area contributed by atoms with Crippen molar-refractivity contribution in [3.63, 3.8) is 0 Å². The summed E-state index contributed by atoms with van der Waals surface area (Å²) in [5, 5.41) is 3.30. The van der Waals surface area contributed by atoms with E-state index in [4.69, 9.17) is 4.99 Å². The van der Waals surface area contributed by atoms with Gasteiger partial charge in [0.05, 0.1) is 24.1 Å². The van der Waals surface area contributed by atoms with Crippen LogP contribution < -0.4 is 5.32 Å². The lowest BCUT2D eigenvalue weighted by atomic mass is 9.79. The van der Waals surface area contributed by atoms with E-state index in [0.717, 1.165) is 27.8 Å². The third-order valence-electron chi connectivity index (χ3n) is 6.94. The molecule has 4 aromatic carbocycles. The predicted molar refractivity (Wildman–Crippen MR) is 137 cm³/mol. The fourth-order valence-corrected chi connectivity index (χ4v) is 5.38. The number of carbonyl (C=O) groups is 2. The third kappa shape index (κ3) is 3.77. The Balaban J connectivity index is 1.48. The lowest BCUT2D eigenvalue weighted by molar-refractivity contribution is -0.121. The highest BCUT2D eigenvalue weighted by atomic mass is 16.1. The van der Waals surface area contributed by atoms with Crippen LogP contribution in [0.3, 0.4) is 0 Å². The molecule has 35 heavy (non-hydrogen) atoms. The fraction of sp³-hybridized carbons (Fsp3) is 0.129. The molecule has 0 unspecified atom stereocenters. The zero-order chi connectivity index (χ0) is 23.8. The largest absolute Gasteiger partial charge is 0.348 e. The molecule has 4 heteroatoms. The topological polar surface area (TPSA) is 58.5 Å². The number of aliphatic imine (C=N–C) groups is 1. The van der Waals surface area contributed by atoms with Gasteiger partial charge >= 0.3 is 0 Å². The van der Waals surface area contributed by atoms with Crippen molar-refractivity contribution >= 4 is 17.4 Å². The molecule has 3 atom stereocenters. The molecule has 0 saturated heterocycles. The minimum atomic E-state index is -0.400. The molecule has 4 aromatic rings. The summed E-state index contributed by atoms with van der Waals surface area (Å²) in [7, 11) is 0. The van der Waals surface area contributed by atoms with Gasteiger partial charge in [-0.1, -0.05) is 109 Å². The molecular weight excluding hydrogens is 432 g/mol. The molecule has 1 aliphatic carbocycles. The molecule has 170 valence electrons. The highest BCUT2D eigenvalue weighted by Crippen LogP contribution is 2.49. The number of benzene rings is 4. The van der Waals surface area contributed by atoms with Crippen molar-refractivity contribution in [3.05, 3.63) is 143 Å². The Morgan fingerprint density at radius 2 is 1.20 bits per heavy atom. The fourth-order valence-electron chi connectivity index (χ4n) is 5.38. The molecule has 1 amide bonds. The molecule has 2 bridgehead atoms. The maximum Gasteiger partial charge on any atom is 0.224 e. The van der Waals surface area contributed by atoms with Crippen molar-refractivity contribution in [2.75, 3.05) is 0 Å². The minimum Gasteiger partial charge on any atom is -0.348 e. The maximum atomic E-state index is 13.8. The summed E-state index contributed by atoms with van der Waals surface area (Å²) >= 11 is 0. The minimum absolute atomic E-state index is 0.0784. The molecule has 2 aliphatic rings. The number of carbonyl (C=O) groups excluding carboxylic acids is 2. The number of fused-ring (bicyclic) bond motifs is 2. The second kappa shape index (κ2) is 8.80. The van der Waals surface area contributed by atoms with E-state index >= 15 is 0 Å². The number of rotatable bonds is 5. The Labute approximate surface area is 204 Å². The maximum absolute atomic E-state index is 13.8. The highest BCUT2D eigenvalue weighted by molar-refractivity contribution is 6.48. The Morgan fingerprint density at radius 1 is 0.657 bits per heavy atom. The van der Waals surface area contributed by atoms with Gasteiger partial charge < -0.3 is 5.32 Å². The van der Waals surface area contributed by atoms with Gasteiger partial charge in [0, 0.05) is 5.56 Å². The Morgan fingerprint density at radius 3 is 1.89 bits per heavy atom. The number of nitrogens with one attached hydrogen (secondary N) is 1. The summed E-state index contributed by atoms with van der Waals surface area (Å²) in [5.41, 5.74) is 6.24. The first kappa shape index (κ1) is 21.2. The molecular formula is C31H24N2O2. The van der Waals surface area contributed by atoms with Gasteiger partial charge in [0.2, 0.25) is 11.7 Å². The molecule has 1 N–H and O–H groups in total. The third-order valence-corrected chi connectivity index (χ3v) is 6.94. The monoisotopic (exact) mass is 456 g/mol. The average Bonchev–Trinajstić information content (AvgIpc) is 3.11. The number of ketones is 1. The number of hydrogen-bond acceptors (Lipinski definition) is 3. The summed E-state index contributed by atoms with van der Waals surface area (Å²) in [6.45, 7) is 0. The summed E-state index contributed by atoms with van der Waals surface area (Å²) in [5.74, 6) is -0.547. The average molecular weight is 457 g/mol. The Kier molecular flexibility index (Phi) is 5.34. The molecule has 0 radical (unpaired) electrons. The summed E-state index contributed by atoms with van der Waals surface area (Å²) in [4.78, 5) is 32.1. The lowest BCUT2D eigenvalue weighted by Gasteiger charge is -2.31. The van der Waals surface area contributed by atoms with E-state index in [1.54, 1.807) is 0 Å². The van der Waals surface area contributed by atoms with Gasteiger partial charge in [-0.2, -0.15) is 0 Å². The van der Waals surface area contributed by atoms with E-state index in [-0.39, 0.29) is 30.1 Å². The van der Waals surface area contributed by atoms with Gasteiger partial charge in [-0.25, -0.2) is 0 Å². The second-order valence-electron chi connectivity index (χ2n) is 9.06. The van der Waals surface area contributed by atoms with Crippen LogP contribution in [0.2, 0.25) is 0 Å². The highest BCUT2D eigenvalue weighted by Gasteiger charge is 2.44. The van der Waals surface area contributed by atoms with Gasteiger partial charge in [0.15, 0.2) is 0 Å². The van der Waals surface area contributed by atoms with Crippen molar-refractivity contribution in [2.24, 2.45) is 4.99 Å². The standard InChI is InChI=1S/C31H24N2O2/c34-26(19-20-11-3-1-4-12-20)32-29-25-18-10-9-17-24(25)28-23-16-8-7-15-22(23)27(29)30(33-28)31(35)21-13-5-2-6-14-21/h1-18,27-29H,19H2,(H,32,34)/t27-,28+,29+/m1/s1. The number of hydrogen-bond donors (Lipinski definition) is 1. The van der Waals surface area contributed by atoms with Crippen molar-refractivity contribution in [1.82, 2.24) is 5.32 Å². The van der Waals surface area contributed by atoms with E-state index in [0.29, 0.717) is 11.3 Å². The predicted octanol–water partition coefficient (Wildman–Crippen LogP) is 5.61. The smallest absolute Gasteiger partial charge is 0.224 e. The van der Waals surface area contributed by atoms with Gasteiger partial charge in [-0.15, -0.1) is 0 Å². The normalized spacial score (nSPS) is 19.7. The first-order chi connectivity index (χ1) is 17.2. The van der Waals surface area contributed by atoms with Gasteiger partial charge in [0.1, 0.15) is 6.04 Å². The number of Topliss-reactive ketones (excluding diaryl/α,β-unsaturated/α-hetero) is 1. The first-order valence-corrected chi connectivity index (χ1v) is 11.9. The molecule has 0 aromatic heterocycles. The van der Waals surface area contributed by atoms with Crippen LogP contribution in [0.4, 0.5) is 0 Å². The van der Waals surface area contributed by atoms with Gasteiger partial charge in [0.25, 0.3) is 0 Å². The quantitative estimate of drug-likeness (QED) is 0.397. The molecule has 0 spiro atoms. The Bertz CT molecular complexity index is 1440. The van der Waals surface area contributed by atoms with E-state index in [9.17, 15) is 9.59 Å². The second-order valence-corrected chi connectivity index (χ2v) is 9.06. The van der Waals surface area contributed by atoms with Crippen LogP contribution in [-0.4, -0.2) is 17.4 Å². The van der Waals surface area contributed by atoms with E-state index in [1.165, 1.54) is 0 Å². The lowest BCUT2D eigenvalue weighted by Crippen LogP contribution is -2.39. The van der Waals surface area contributed by atoms with Crippen molar-refractivity contribution in [1.29, 1.82) is 0 Å². The zero-order valence-electron chi connectivity index (χ0n) is 19.1. The summed E-state index contributed by atoms with van der Waals surface area (Å²) < 4.78 is 0. The molecule has 4 nitrogen and oxygen atoms in total. The molecule has 0 fully saturated rings. The molecule has 1 heterocycles. The summed E-state index contributed by atoms with van der Waals surface area (Å²) in [6.07, 6.45) is 0.274.